The van der Waals surface area contributed by atoms with E-state index in [9.17, 15) is 13.2 Å². The van der Waals surface area contributed by atoms with E-state index in [1.54, 1.807) is 6.07 Å². The molecule has 1 amide bonds. The highest BCUT2D eigenvalue weighted by atomic mass is 32.2. The Balaban J connectivity index is 1.55. The molecule has 0 aliphatic carbocycles. The summed E-state index contributed by atoms with van der Waals surface area (Å²) in [4.78, 5) is 18.2. The second-order valence-electron chi connectivity index (χ2n) is 6.53. The number of benzene rings is 2. The largest absolute Gasteiger partial charge is 0.298 e. The molecule has 2 heterocycles. The first-order valence-corrected chi connectivity index (χ1v) is 12.1. The van der Waals surface area contributed by atoms with E-state index in [-0.39, 0.29) is 22.7 Å². The van der Waals surface area contributed by atoms with Gasteiger partial charge in [0.1, 0.15) is 0 Å². The van der Waals surface area contributed by atoms with Gasteiger partial charge in [-0.3, -0.25) is 10.1 Å². The van der Waals surface area contributed by atoms with Crippen molar-refractivity contribution >= 4 is 54.2 Å². The van der Waals surface area contributed by atoms with Gasteiger partial charge < -0.3 is 0 Å². The number of hydrogen-bond acceptors (Lipinski definition) is 6. The Kier molecular flexibility index (Phi) is 4.96. The van der Waals surface area contributed by atoms with E-state index in [1.807, 2.05) is 43.3 Å². The summed E-state index contributed by atoms with van der Waals surface area (Å²) < 4.78 is 24.4. The van der Waals surface area contributed by atoms with E-state index in [0.29, 0.717) is 17.1 Å². The van der Waals surface area contributed by atoms with Gasteiger partial charge in [0.05, 0.1) is 27.3 Å². The Morgan fingerprint density at radius 2 is 2.04 bits per heavy atom. The number of hydrogen-bond donors (Lipinski definition) is 1. The molecule has 3 aromatic rings. The molecule has 1 atom stereocenters. The fourth-order valence-electron chi connectivity index (χ4n) is 3.09. The standard InChI is InChI=1S/C19H18N2O3S3/c1-12-5-4-8-16-17(12)20-19(26-16)21-18(22)14-6-2-3-7-15(14)25-13-9-10-27(23,24)11-13/h2-8,13H,9-11H2,1H3,(H,20,21,22)/t13-/m1/s1. The molecule has 1 aliphatic rings. The zero-order chi connectivity index (χ0) is 19.0. The van der Waals surface area contributed by atoms with Crippen molar-refractivity contribution in [2.24, 2.45) is 0 Å². The molecule has 1 aromatic heterocycles. The molecule has 0 unspecified atom stereocenters. The van der Waals surface area contributed by atoms with Crippen molar-refractivity contribution in [1.29, 1.82) is 0 Å². The normalized spacial score (nSPS) is 18.6. The zero-order valence-corrected chi connectivity index (χ0v) is 17.1. The van der Waals surface area contributed by atoms with E-state index in [4.69, 9.17) is 0 Å². The van der Waals surface area contributed by atoms with Gasteiger partial charge in [-0.1, -0.05) is 35.6 Å². The number of aromatic nitrogens is 1. The predicted molar refractivity (Wildman–Crippen MR) is 112 cm³/mol. The van der Waals surface area contributed by atoms with Gasteiger partial charge in [-0.15, -0.1) is 11.8 Å². The molecule has 1 aliphatic heterocycles. The van der Waals surface area contributed by atoms with Gasteiger partial charge in [-0.2, -0.15) is 0 Å². The first kappa shape index (κ1) is 18.5. The molecule has 5 nitrogen and oxygen atoms in total. The summed E-state index contributed by atoms with van der Waals surface area (Å²) in [5.41, 5.74) is 2.52. The summed E-state index contributed by atoms with van der Waals surface area (Å²) in [6.45, 7) is 2.00. The van der Waals surface area contributed by atoms with Crippen LogP contribution in [0.2, 0.25) is 0 Å². The van der Waals surface area contributed by atoms with Crippen LogP contribution in [0.3, 0.4) is 0 Å². The second-order valence-corrected chi connectivity index (χ2v) is 11.1. The number of thioether (sulfide) groups is 1. The van der Waals surface area contributed by atoms with Gasteiger partial charge in [-0.05, 0) is 37.1 Å². The van der Waals surface area contributed by atoms with Gasteiger partial charge in [0.15, 0.2) is 15.0 Å². The van der Waals surface area contributed by atoms with Crippen LogP contribution in [0.25, 0.3) is 10.2 Å². The van der Waals surface area contributed by atoms with Crippen molar-refractivity contribution in [2.75, 3.05) is 16.8 Å². The minimum Gasteiger partial charge on any atom is -0.298 e. The molecule has 2 aromatic carbocycles. The van der Waals surface area contributed by atoms with Crippen LogP contribution in [0.1, 0.15) is 22.3 Å². The third-order valence-corrected chi connectivity index (χ3v) is 8.72. The lowest BCUT2D eigenvalue weighted by Crippen LogP contribution is -2.14. The topological polar surface area (TPSA) is 76.1 Å². The van der Waals surface area contributed by atoms with Crippen molar-refractivity contribution in [2.45, 2.75) is 23.5 Å². The highest BCUT2D eigenvalue weighted by molar-refractivity contribution is 8.02. The van der Waals surface area contributed by atoms with Crippen LogP contribution in [0.15, 0.2) is 47.4 Å². The molecule has 0 saturated carbocycles. The molecule has 0 radical (unpaired) electrons. The second kappa shape index (κ2) is 7.26. The van der Waals surface area contributed by atoms with Gasteiger partial charge >= 0.3 is 0 Å². The third-order valence-electron chi connectivity index (χ3n) is 4.46. The Labute approximate surface area is 166 Å². The zero-order valence-electron chi connectivity index (χ0n) is 14.6. The molecule has 4 rings (SSSR count). The fourth-order valence-corrected chi connectivity index (χ4v) is 7.66. The van der Waals surface area contributed by atoms with Crippen molar-refractivity contribution in [1.82, 2.24) is 4.98 Å². The van der Waals surface area contributed by atoms with Crippen LogP contribution in [0.4, 0.5) is 5.13 Å². The first-order valence-electron chi connectivity index (χ1n) is 8.55. The number of nitrogens with zero attached hydrogens (tertiary/aromatic N) is 1. The van der Waals surface area contributed by atoms with Crippen molar-refractivity contribution in [3.63, 3.8) is 0 Å². The van der Waals surface area contributed by atoms with E-state index in [2.05, 4.69) is 10.3 Å². The maximum absolute atomic E-state index is 12.8. The Morgan fingerprint density at radius 3 is 2.78 bits per heavy atom. The Bertz CT molecular complexity index is 1120. The molecule has 0 bridgehead atoms. The number of aryl methyl sites for hydroxylation is 1. The summed E-state index contributed by atoms with van der Waals surface area (Å²) in [5, 5.41) is 3.45. The predicted octanol–water partition coefficient (Wildman–Crippen LogP) is 4.14. The Morgan fingerprint density at radius 1 is 1.22 bits per heavy atom. The molecule has 140 valence electrons. The van der Waals surface area contributed by atoms with Gasteiger partial charge in [-0.25, -0.2) is 13.4 Å². The molecular weight excluding hydrogens is 400 g/mol. The van der Waals surface area contributed by atoms with Crippen LogP contribution < -0.4 is 5.32 Å². The fraction of sp³-hybridized carbons (Fsp3) is 0.263. The lowest BCUT2D eigenvalue weighted by Gasteiger charge is -2.11. The van der Waals surface area contributed by atoms with E-state index in [0.717, 1.165) is 20.7 Å². The number of nitrogens with one attached hydrogen (secondary N) is 1. The summed E-state index contributed by atoms with van der Waals surface area (Å²) in [6, 6.07) is 13.3. The maximum Gasteiger partial charge on any atom is 0.258 e. The highest BCUT2D eigenvalue weighted by Crippen LogP contribution is 2.34. The van der Waals surface area contributed by atoms with Crippen LogP contribution in [-0.2, 0) is 9.84 Å². The third kappa shape index (κ3) is 4.02. The lowest BCUT2D eigenvalue weighted by atomic mass is 10.2. The summed E-state index contributed by atoms with van der Waals surface area (Å²) in [5.74, 6) is 0.171. The number of fused-ring (bicyclic) bond motifs is 1. The van der Waals surface area contributed by atoms with E-state index < -0.39 is 9.84 Å². The van der Waals surface area contributed by atoms with Gasteiger partial charge in [0, 0.05) is 10.1 Å². The van der Waals surface area contributed by atoms with Crippen molar-refractivity contribution in [3.8, 4) is 0 Å². The summed E-state index contributed by atoms with van der Waals surface area (Å²) in [6.07, 6.45) is 0.625. The van der Waals surface area contributed by atoms with Crippen LogP contribution in [-0.4, -0.2) is 36.1 Å². The number of anilines is 1. The lowest BCUT2D eigenvalue weighted by molar-refractivity contribution is 0.102. The van der Waals surface area contributed by atoms with Crippen LogP contribution in [0, 0.1) is 6.92 Å². The number of sulfone groups is 1. The molecule has 1 fully saturated rings. The number of thiazole rings is 1. The van der Waals surface area contributed by atoms with E-state index in [1.165, 1.54) is 23.1 Å². The number of rotatable bonds is 4. The van der Waals surface area contributed by atoms with Gasteiger partial charge in [0.25, 0.3) is 5.91 Å². The minimum atomic E-state index is -2.95. The minimum absolute atomic E-state index is 0.00551. The van der Waals surface area contributed by atoms with Crippen molar-refractivity contribution in [3.05, 3.63) is 53.6 Å². The quantitative estimate of drug-likeness (QED) is 0.689. The molecule has 1 N–H and O–H groups in total. The summed E-state index contributed by atoms with van der Waals surface area (Å²) in [7, 11) is -2.95. The number of carbonyl (C=O) groups excluding carboxylic acids is 1. The number of para-hydroxylation sites is 1. The average molecular weight is 419 g/mol. The monoisotopic (exact) mass is 418 g/mol. The molecular formula is C19H18N2O3S3. The molecule has 27 heavy (non-hydrogen) atoms. The number of amides is 1. The summed E-state index contributed by atoms with van der Waals surface area (Å²) >= 11 is 2.91. The van der Waals surface area contributed by atoms with Crippen LogP contribution >= 0.6 is 23.1 Å². The number of carbonyl (C=O) groups is 1. The average Bonchev–Trinajstić information content (AvgIpc) is 3.18. The van der Waals surface area contributed by atoms with Crippen molar-refractivity contribution < 1.29 is 13.2 Å². The van der Waals surface area contributed by atoms with Gasteiger partial charge in [0.2, 0.25) is 0 Å². The maximum atomic E-state index is 12.8. The molecule has 1 saturated heterocycles. The van der Waals surface area contributed by atoms with E-state index >= 15 is 0 Å². The Hall–Kier alpha value is -1.90. The highest BCUT2D eigenvalue weighted by Gasteiger charge is 2.29. The molecule has 8 heteroatoms. The van der Waals surface area contributed by atoms with Crippen LogP contribution in [0.5, 0.6) is 0 Å². The smallest absolute Gasteiger partial charge is 0.258 e. The SMILES string of the molecule is Cc1cccc2sc(NC(=O)c3ccccc3S[C@@H]3CCS(=O)(=O)C3)nc12. The first-order chi connectivity index (χ1) is 12.9. The molecule has 0 spiro atoms.